The third-order valence-corrected chi connectivity index (χ3v) is 5.21. The van der Waals surface area contributed by atoms with Crippen LogP contribution < -0.4 is 0 Å². The number of methoxy groups -OCH3 is 1. The van der Waals surface area contributed by atoms with Crippen LogP contribution in [-0.2, 0) is 24.6 Å². The molecule has 2 aliphatic heterocycles. The Balaban J connectivity index is 1.87. The van der Waals surface area contributed by atoms with E-state index in [1.165, 1.54) is 0 Å². The van der Waals surface area contributed by atoms with E-state index in [-0.39, 0.29) is 24.5 Å². The third-order valence-electron chi connectivity index (χ3n) is 5.21. The normalized spacial score (nSPS) is 27.1. The third kappa shape index (κ3) is 2.80. The zero-order chi connectivity index (χ0) is 17.2. The van der Waals surface area contributed by atoms with Crippen LogP contribution in [0.3, 0.4) is 0 Å². The van der Waals surface area contributed by atoms with Gasteiger partial charge in [0.2, 0.25) is 11.8 Å². The summed E-state index contributed by atoms with van der Waals surface area (Å²) in [6.07, 6.45) is 0.821. The minimum atomic E-state index is -0.505. The van der Waals surface area contributed by atoms with Crippen LogP contribution in [-0.4, -0.2) is 68.2 Å². The topological polar surface area (TPSA) is 59.1 Å². The number of hydrogen-bond donors (Lipinski definition) is 0. The second-order valence-electron chi connectivity index (χ2n) is 6.38. The van der Waals surface area contributed by atoms with Crippen molar-refractivity contribution in [2.45, 2.75) is 24.5 Å². The van der Waals surface area contributed by atoms with E-state index < -0.39 is 5.54 Å². The Bertz CT molecular complexity index is 606. The lowest BCUT2D eigenvalue weighted by atomic mass is 9.76. The molecule has 130 valence electrons. The van der Waals surface area contributed by atoms with Crippen LogP contribution in [0.1, 0.15) is 18.4 Å². The Morgan fingerprint density at radius 1 is 1.38 bits per heavy atom. The highest BCUT2D eigenvalue weighted by atomic mass is 16.5. The summed E-state index contributed by atoms with van der Waals surface area (Å²) in [5, 5.41) is 0. The van der Waals surface area contributed by atoms with E-state index in [1.54, 1.807) is 7.11 Å². The Morgan fingerprint density at radius 3 is 2.83 bits per heavy atom. The highest BCUT2D eigenvalue weighted by Gasteiger charge is 2.53. The summed E-state index contributed by atoms with van der Waals surface area (Å²) < 4.78 is 10.9. The van der Waals surface area contributed by atoms with Gasteiger partial charge in [0, 0.05) is 27.2 Å². The summed E-state index contributed by atoms with van der Waals surface area (Å²) in [6, 6.07) is 9.99. The van der Waals surface area contributed by atoms with E-state index in [4.69, 9.17) is 9.47 Å². The first-order valence-corrected chi connectivity index (χ1v) is 8.30. The van der Waals surface area contributed by atoms with Crippen molar-refractivity contribution in [3.05, 3.63) is 35.9 Å². The van der Waals surface area contributed by atoms with Crippen LogP contribution >= 0.6 is 0 Å². The molecule has 2 amide bonds. The van der Waals surface area contributed by atoms with Gasteiger partial charge >= 0.3 is 0 Å². The second-order valence-corrected chi connectivity index (χ2v) is 6.38. The zero-order valence-electron chi connectivity index (χ0n) is 14.2. The van der Waals surface area contributed by atoms with Crippen LogP contribution in [0.2, 0.25) is 0 Å². The molecule has 0 unspecified atom stereocenters. The van der Waals surface area contributed by atoms with Gasteiger partial charge in [-0.05, 0) is 12.0 Å². The molecule has 0 N–H and O–H groups in total. The highest BCUT2D eigenvalue weighted by Crippen LogP contribution is 2.42. The minimum absolute atomic E-state index is 0.0192. The molecule has 0 saturated carbocycles. The molecule has 2 fully saturated rings. The van der Waals surface area contributed by atoms with E-state index >= 15 is 0 Å². The van der Waals surface area contributed by atoms with Gasteiger partial charge in [0.05, 0.1) is 18.6 Å². The standard InChI is InChI=1S/C18H24N2O4/c1-19-17(22)13-24-15-12-20(16(21)8-11-23-2)10-9-18(15,19)14-6-4-3-5-7-14/h3-7,15H,8-13H2,1-2H3/t15-,18+/m1/s1. The molecule has 3 rings (SSSR count). The predicted molar refractivity (Wildman–Crippen MR) is 88.3 cm³/mol. The molecule has 2 aliphatic rings. The predicted octanol–water partition coefficient (Wildman–Crippen LogP) is 1.01. The number of nitrogens with zero attached hydrogens (tertiary/aromatic N) is 2. The molecule has 6 heteroatoms. The Hall–Kier alpha value is -1.92. The number of morpholine rings is 1. The highest BCUT2D eigenvalue weighted by molar-refractivity contribution is 5.80. The second kappa shape index (κ2) is 6.91. The average Bonchev–Trinajstić information content (AvgIpc) is 2.63. The van der Waals surface area contributed by atoms with Gasteiger partial charge in [-0.25, -0.2) is 0 Å². The number of amides is 2. The number of piperidine rings is 1. The Labute approximate surface area is 142 Å². The maximum Gasteiger partial charge on any atom is 0.249 e. The average molecular weight is 332 g/mol. The van der Waals surface area contributed by atoms with Crippen molar-refractivity contribution < 1.29 is 19.1 Å². The summed E-state index contributed by atoms with van der Waals surface area (Å²) in [6.45, 7) is 1.59. The lowest BCUT2D eigenvalue weighted by Gasteiger charge is -2.54. The van der Waals surface area contributed by atoms with Crippen LogP contribution in [0.5, 0.6) is 0 Å². The van der Waals surface area contributed by atoms with Gasteiger partial charge in [-0.2, -0.15) is 0 Å². The lowest BCUT2D eigenvalue weighted by molar-refractivity contribution is -0.184. The summed E-state index contributed by atoms with van der Waals surface area (Å²) >= 11 is 0. The molecule has 1 aromatic carbocycles. The van der Waals surface area contributed by atoms with Gasteiger partial charge in [-0.1, -0.05) is 30.3 Å². The van der Waals surface area contributed by atoms with Crippen molar-refractivity contribution in [3.63, 3.8) is 0 Å². The van der Waals surface area contributed by atoms with E-state index in [0.717, 1.165) is 5.56 Å². The van der Waals surface area contributed by atoms with Crippen molar-refractivity contribution in [2.75, 3.05) is 40.5 Å². The molecule has 0 bridgehead atoms. The summed E-state index contributed by atoms with van der Waals surface area (Å²) in [7, 11) is 3.43. The molecule has 0 radical (unpaired) electrons. The number of fused-ring (bicyclic) bond motifs is 1. The van der Waals surface area contributed by atoms with E-state index in [2.05, 4.69) is 0 Å². The fourth-order valence-corrected chi connectivity index (χ4v) is 3.80. The molecule has 0 spiro atoms. The number of carbonyl (C=O) groups is 2. The molecule has 0 aliphatic carbocycles. The van der Waals surface area contributed by atoms with E-state index in [0.29, 0.717) is 32.5 Å². The van der Waals surface area contributed by atoms with Crippen molar-refractivity contribution in [2.24, 2.45) is 0 Å². The Kier molecular flexibility index (Phi) is 4.87. The van der Waals surface area contributed by atoms with Gasteiger partial charge in [0.15, 0.2) is 0 Å². The largest absolute Gasteiger partial charge is 0.384 e. The summed E-state index contributed by atoms with van der Waals surface area (Å²) in [5.74, 6) is 0.0518. The molecule has 2 heterocycles. The zero-order valence-corrected chi connectivity index (χ0v) is 14.2. The molecular weight excluding hydrogens is 308 g/mol. The number of likely N-dealkylation sites (N-methyl/N-ethyl adjacent to an activating group) is 1. The number of rotatable bonds is 4. The molecule has 1 aromatic rings. The smallest absolute Gasteiger partial charge is 0.249 e. The van der Waals surface area contributed by atoms with E-state index in [1.807, 2.05) is 47.2 Å². The number of hydrogen-bond acceptors (Lipinski definition) is 4. The first kappa shape index (κ1) is 16.9. The first-order valence-electron chi connectivity index (χ1n) is 8.30. The Morgan fingerprint density at radius 2 is 2.12 bits per heavy atom. The molecule has 24 heavy (non-hydrogen) atoms. The molecule has 0 aromatic heterocycles. The van der Waals surface area contributed by atoms with Crippen molar-refractivity contribution in [1.29, 1.82) is 0 Å². The van der Waals surface area contributed by atoms with Gasteiger partial charge in [-0.15, -0.1) is 0 Å². The van der Waals surface area contributed by atoms with Gasteiger partial charge in [-0.3, -0.25) is 9.59 Å². The minimum Gasteiger partial charge on any atom is -0.384 e. The fourth-order valence-electron chi connectivity index (χ4n) is 3.80. The van der Waals surface area contributed by atoms with Crippen LogP contribution in [0, 0.1) is 0 Å². The van der Waals surface area contributed by atoms with Crippen molar-refractivity contribution in [1.82, 2.24) is 9.80 Å². The quantitative estimate of drug-likeness (QED) is 0.826. The summed E-state index contributed by atoms with van der Waals surface area (Å²) in [4.78, 5) is 28.3. The number of likely N-dealkylation sites (tertiary alicyclic amines) is 1. The number of carbonyl (C=O) groups excluding carboxylic acids is 2. The number of benzene rings is 1. The van der Waals surface area contributed by atoms with Crippen molar-refractivity contribution in [3.8, 4) is 0 Å². The molecule has 6 nitrogen and oxygen atoms in total. The maximum absolute atomic E-state index is 12.3. The maximum atomic E-state index is 12.3. The van der Waals surface area contributed by atoms with E-state index in [9.17, 15) is 9.59 Å². The monoisotopic (exact) mass is 332 g/mol. The lowest BCUT2D eigenvalue weighted by Crippen LogP contribution is -2.67. The first-order chi connectivity index (χ1) is 11.6. The van der Waals surface area contributed by atoms with Gasteiger partial charge < -0.3 is 19.3 Å². The number of ether oxygens (including phenoxy) is 2. The molecular formula is C18H24N2O4. The van der Waals surface area contributed by atoms with Crippen LogP contribution in [0.25, 0.3) is 0 Å². The van der Waals surface area contributed by atoms with Gasteiger partial charge in [0.1, 0.15) is 12.7 Å². The van der Waals surface area contributed by atoms with Crippen molar-refractivity contribution >= 4 is 11.8 Å². The van der Waals surface area contributed by atoms with Crippen LogP contribution in [0.15, 0.2) is 30.3 Å². The molecule has 2 saturated heterocycles. The van der Waals surface area contributed by atoms with Gasteiger partial charge in [0.25, 0.3) is 0 Å². The summed E-state index contributed by atoms with van der Waals surface area (Å²) in [5.41, 5.74) is 0.559. The SMILES string of the molecule is COCCC(=O)N1CC[C@]2(c3ccccc3)[C@@H](C1)OCC(=O)N2C. The fraction of sp³-hybridized carbons (Fsp3) is 0.556. The van der Waals surface area contributed by atoms with Crippen LogP contribution in [0.4, 0.5) is 0 Å². The molecule has 2 atom stereocenters.